The summed E-state index contributed by atoms with van der Waals surface area (Å²) < 4.78 is 5.61. The molecule has 14 heavy (non-hydrogen) atoms. The monoisotopic (exact) mass is 196 g/mol. The first-order valence-corrected chi connectivity index (χ1v) is 5.23. The Morgan fingerprint density at radius 1 is 1.29 bits per heavy atom. The Labute approximate surface area is 85.9 Å². The zero-order valence-corrected chi connectivity index (χ0v) is 9.45. The van der Waals surface area contributed by atoms with Crippen LogP contribution in [0.5, 0.6) is 5.88 Å². The van der Waals surface area contributed by atoms with Crippen molar-refractivity contribution in [1.29, 1.82) is 0 Å². The summed E-state index contributed by atoms with van der Waals surface area (Å²) in [6, 6.07) is 1.84. The van der Waals surface area contributed by atoms with Crippen LogP contribution in [-0.2, 0) is 0 Å². The maximum atomic E-state index is 5.61. The largest absolute Gasteiger partial charge is 0.478 e. The van der Waals surface area contributed by atoms with E-state index in [4.69, 9.17) is 4.74 Å². The lowest BCUT2D eigenvalue weighted by Crippen LogP contribution is -2.23. The zero-order valence-electron chi connectivity index (χ0n) is 9.45. The van der Waals surface area contributed by atoms with Gasteiger partial charge < -0.3 is 4.74 Å². The van der Waals surface area contributed by atoms with Gasteiger partial charge in [-0.25, -0.2) is 5.10 Å². The summed E-state index contributed by atoms with van der Waals surface area (Å²) >= 11 is 0. The first-order chi connectivity index (χ1) is 6.61. The highest BCUT2D eigenvalue weighted by atomic mass is 16.5. The Bertz CT molecular complexity index is 234. The molecule has 1 N–H and O–H groups in total. The third-order valence-corrected chi connectivity index (χ3v) is 2.62. The van der Waals surface area contributed by atoms with Gasteiger partial charge in [-0.15, -0.1) is 0 Å². The average molecular weight is 196 g/mol. The Kier molecular flexibility index (Phi) is 3.98. The van der Waals surface area contributed by atoms with E-state index in [0.29, 0.717) is 17.8 Å². The molecule has 3 nitrogen and oxygen atoms in total. The topological polar surface area (TPSA) is 37.9 Å². The van der Waals surface area contributed by atoms with Crippen LogP contribution in [0.25, 0.3) is 0 Å². The van der Waals surface area contributed by atoms with Crippen molar-refractivity contribution in [3.8, 4) is 5.88 Å². The minimum absolute atomic E-state index is 0.596. The molecule has 0 spiro atoms. The van der Waals surface area contributed by atoms with E-state index in [1.54, 1.807) is 6.20 Å². The fourth-order valence-electron chi connectivity index (χ4n) is 1.66. The first kappa shape index (κ1) is 11.1. The van der Waals surface area contributed by atoms with E-state index < -0.39 is 0 Å². The van der Waals surface area contributed by atoms with Crippen molar-refractivity contribution in [3.05, 3.63) is 12.3 Å². The van der Waals surface area contributed by atoms with Gasteiger partial charge in [0.25, 0.3) is 0 Å². The Hall–Kier alpha value is -0.990. The van der Waals surface area contributed by atoms with Gasteiger partial charge >= 0.3 is 0 Å². The second-order valence-electron chi connectivity index (χ2n) is 4.38. The lowest BCUT2D eigenvalue weighted by Gasteiger charge is -2.24. The number of rotatable bonds is 5. The number of aromatic nitrogens is 2. The van der Waals surface area contributed by atoms with E-state index >= 15 is 0 Å². The number of hydrogen-bond donors (Lipinski definition) is 1. The maximum Gasteiger partial charge on any atom is 0.209 e. The molecule has 1 aromatic rings. The van der Waals surface area contributed by atoms with Gasteiger partial charge in [0, 0.05) is 6.07 Å². The predicted octanol–water partition coefficient (Wildman–Crippen LogP) is 2.72. The van der Waals surface area contributed by atoms with Crippen LogP contribution in [0.3, 0.4) is 0 Å². The van der Waals surface area contributed by atoms with Crippen molar-refractivity contribution in [2.24, 2.45) is 17.8 Å². The van der Waals surface area contributed by atoms with Crippen molar-refractivity contribution in [2.75, 3.05) is 6.61 Å². The van der Waals surface area contributed by atoms with Crippen molar-refractivity contribution in [2.45, 2.75) is 27.7 Å². The quantitative estimate of drug-likeness (QED) is 0.786. The molecular weight excluding hydrogens is 176 g/mol. The Morgan fingerprint density at radius 2 is 1.93 bits per heavy atom. The third kappa shape index (κ3) is 3.05. The lowest BCUT2D eigenvalue weighted by atomic mass is 9.86. The molecule has 0 atom stereocenters. The van der Waals surface area contributed by atoms with Crippen LogP contribution >= 0.6 is 0 Å². The van der Waals surface area contributed by atoms with Crippen LogP contribution in [0.4, 0.5) is 0 Å². The molecule has 0 aromatic carbocycles. The molecule has 80 valence electrons. The van der Waals surface area contributed by atoms with Crippen molar-refractivity contribution in [3.63, 3.8) is 0 Å². The summed E-state index contributed by atoms with van der Waals surface area (Å²) in [5.41, 5.74) is 0. The van der Waals surface area contributed by atoms with Crippen LogP contribution in [-0.4, -0.2) is 16.8 Å². The van der Waals surface area contributed by atoms with Crippen LogP contribution in [0.2, 0.25) is 0 Å². The maximum absolute atomic E-state index is 5.61. The standard InChI is InChI=1S/C11H20N2O/c1-8(2)10(9(3)4)7-14-11-5-6-12-13-11/h5-6,8-10H,7H2,1-4H3,(H,12,13). The van der Waals surface area contributed by atoms with Gasteiger partial charge in [0.2, 0.25) is 5.88 Å². The molecule has 0 amide bonds. The molecule has 0 aliphatic carbocycles. The zero-order chi connectivity index (χ0) is 10.6. The van der Waals surface area contributed by atoms with Crippen molar-refractivity contribution < 1.29 is 4.74 Å². The molecule has 0 aliphatic rings. The second kappa shape index (κ2) is 5.03. The molecule has 0 aliphatic heterocycles. The predicted molar refractivity (Wildman–Crippen MR) is 57.2 cm³/mol. The van der Waals surface area contributed by atoms with E-state index in [0.717, 1.165) is 12.5 Å². The van der Waals surface area contributed by atoms with Crippen LogP contribution in [0.1, 0.15) is 27.7 Å². The molecule has 0 saturated heterocycles. The molecule has 0 fully saturated rings. The highest BCUT2D eigenvalue weighted by Gasteiger charge is 2.18. The highest BCUT2D eigenvalue weighted by molar-refractivity contribution is 5.04. The highest BCUT2D eigenvalue weighted by Crippen LogP contribution is 2.21. The Morgan fingerprint density at radius 3 is 2.36 bits per heavy atom. The summed E-state index contributed by atoms with van der Waals surface area (Å²) in [6.45, 7) is 9.71. The van der Waals surface area contributed by atoms with Gasteiger partial charge in [-0.1, -0.05) is 27.7 Å². The van der Waals surface area contributed by atoms with Crippen LogP contribution in [0, 0.1) is 17.8 Å². The van der Waals surface area contributed by atoms with Gasteiger partial charge in [-0.3, -0.25) is 0 Å². The molecule has 0 saturated carbocycles. The van der Waals surface area contributed by atoms with Crippen molar-refractivity contribution in [1.82, 2.24) is 10.2 Å². The molecule has 0 radical (unpaired) electrons. The summed E-state index contributed by atoms with van der Waals surface area (Å²) in [4.78, 5) is 0. The Balaban J connectivity index is 2.41. The smallest absolute Gasteiger partial charge is 0.209 e. The van der Waals surface area contributed by atoms with Gasteiger partial charge in [0.05, 0.1) is 12.8 Å². The van der Waals surface area contributed by atoms with Gasteiger partial charge in [0.15, 0.2) is 0 Å². The minimum atomic E-state index is 0.596. The van der Waals surface area contributed by atoms with E-state index in [9.17, 15) is 0 Å². The number of nitrogens with one attached hydrogen (secondary N) is 1. The van der Waals surface area contributed by atoms with E-state index in [-0.39, 0.29) is 0 Å². The normalized spacial score (nSPS) is 11.6. The van der Waals surface area contributed by atoms with Crippen molar-refractivity contribution >= 4 is 0 Å². The molecule has 1 heterocycles. The van der Waals surface area contributed by atoms with Crippen LogP contribution in [0.15, 0.2) is 12.3 Å². The number of aromatic amines is 1. The molecule has 1 aromatic heterocycles. The van der Waals surface area contributed by atoms with Gasteiger partial charge in [-0.05, 0) is 17.8 Å². The first-order valence-electron chi connectivity index (χ1n) is 5.23. The molecule has 0 unspecified atom stereocenters. The third-order valence-electron chi connectivity index (χ3n) is 2.62. The molecule has 3 heteroatoms. The van der Waals surface area contributed by atoms with Gasteiger partial charge in [-0.2, -0.15) is 5.10 Å². The summed E-state index contributed by atoms with van der Waals surface area (Å²) in [5.74, 6) is 2.66. The number of nitrogens with zero attached hydrogens (tertiary/aromatic N) is 1. The van der Waals surface area contributed by atoms with Crippen LogP contribution < -0.4 is 4.74 Å². The molecule has 1 rings (SSSR count). The summed E-state index contributed by atoms with van der Waals surface area (Å²) in [5, 5.41) is 6.64. The summed E-state index contributed by atoms with van der Waals surface area (Å²) in [7, 11) is 0. The fraction of sp³-hybridized carbons (Fsp3) is 0.727. The lowest BCUT2D eigenvalue weighted by molar-refractivity contribution is 0.162. The number of H-pyrrole nitrogens is 1. The molecule has 0 bridgehead atoms. The number of ether oxygens (including phenoxy) is 1. The van der Waals surface area contributed by atoms with E-state index in [1.807, 2.05) is 6.07 Å². The van der Waals surface area contributed by atoms with E-state index in [1.165, 1.54) is 0 Å². The fourth-order valence-corrected chi connectivity index (χ4v) is 1.66. The minimum Gasteiger partial charge on any atom is -0.478 e. The number of hydrogen-bond acceptors (Lipinski definition) is 2. The van der Waals surface area contributed by atoms with E-state index in [2.05, 4.69) is 37.9 Å². The SMILES string of the molecule is CC(C)C(COc1ccn[nH]1)C(C)C. The molecular formula is C11H20N2O. The summed E-state index contributed by atoms with van der Waals surface area (Å²) in [6.07, 6.45) is 1.70. The second-order valence-corrected chi connectivity index (χ2v) is 4.38. The average Bonchev–Trinajstić information content (AvgIpc) is 2.55. The van der Waals surface area contributed by atoms with Gasteiger partial charge in [0.1, 0.15) is 0 Å².